The van der Waals surface area contributed by atoms with Gasteiger partial charge in [0.25, 0.3) is 0 Å². The summed E-state index contributed by atoms with van der Waals surface area (Å²) >= 11 is 5.92. The number of hydrogen-bond donors (Lipinski definition) is 1. The van der Waals surface area contributed by atoms with Crippen molar-refractivity contribution in [1.29, 1.82) is 0 Å². The van der Waals surface area contributed by atoms with Gasteiger partial charge in [0.15, 0.2) is 0 Å². The lowest BCUT2D eigenvalue weighted by Gasteiger charge is -2.15. The topological polar surface area (TPSA) is 72.5 Å². The maximum Gasteiger partial charge on any atom is 0.337 e. The molecule has 2 aromatic carbocycles. The van der Waals surface area contributed by atoms with Crippen LogP contribution in [0.4, 0.5) is 0 Å². The fourth-order valence-electron chi connectivity index (χ4n) is 2.03. The third kappa shape index (κ3) is 4.31. The van der Waals surface area contributed by atoms with Gasteiger partial charge in [-0.2, -0.15) is 0 Å². The Morgan fingerprint density at radius 3 is 2.39 bits per heavy atom. The number of esters is 1. The molecule has 0 aliphatic heterocycles. The van der Waals surface area contributed by atoms with Gasteiger partial charge in [-0.1, -0.05) is 23.7 Å². The average Bonchev–Trinajstić information content (AvgIpc) is 2.54. The average molecular weight is 354 g/mol. The maximum atomic E-state index is 12.4. The SMILES string of the molecule is COC(=O)c1ccc(S(=O)(=O)NC(C)c2cccc(Cl)c2)cc1. The van der Waals surface area contributed by atoms with Crippen molar-refractivity contribution < 1.29 is 17.9 Å². The zero-order chi connectivity index (χ0) is 17.0. The predicted molar refractivity (Wildman–Crippen MR) is 88.0 cm³/mol. The van der Waals surface area contributed by atoms with Crippen LogP contribution in [0, 0.1) is 0 Å². The second-order valence-electron chi connectivity index (χ2n) is 4.91. The third-order valence-corrected chi connectivity index (χ3v) is 5.06. The van der Waals surface area contributed by atoms with Gasteiger partial charge in [-0.15, -0.1) is 0 Å². The van der Waals surface area contributed by atoms with E-state index in [9.17, 15) is 13.2 Å². The Morgan fingerprint density at radius 2 is 1.83 bits per heavy atom. The molecule has 0 radical (unpaired) electrons. The fraction of sp³-hybridized carbons (Fsp3) is 0.188. The third-order valence-electron chi connectivity index (χ3n) is 3.27. The first-order chi connectivity index (χ1) is 10.8. The van der Waals surface area contributed by atoms with E-state index in [1.807, 2.05) is 0 Å². The second kappa shape index (κ2) is 7.12. The number of ether oxygens (including phenoxy) is 1. The molecule has 1 atom stereocenters. The quantitative estimate of drug-likeness (QED) is 0.838. The lowest BCUT2D eigenvalue weighted by Crippen LogP contribution is -2.26. The van der Waals surface area contributed by atoms with Crippen LogP contribution in [0.5, 0.6) is 0 Å². The highest BCUT2D eigenvalue weighted by atomic mass is 35.5. The number of carbonyl (C=O) groups excluding carboxylic acids is 1. The van der Waals surface area contributed by atoms with Crippen LogP contribution in [-0.2, 0) is 14.8 Å². The van der Waals surface area contributed by atoms with Crippen molar-refractivity contribution in [3.05, 3.63) is 64.7 Å². The Hall–Kier alpha value is -1.89. The molecule has 7 heteroatoms. The highest BCUT2D eigenvalue weighted by Crippen LogP contribution is 2.20. The molecule has 0 aliphatic rings. The standard InChI is InChI=1S/C16H16ClNO4S/c1-11(13-4-3-5-14(17)10-13)18-23(20,21)15-8-6-12(7-9-15)16(19)22-2/h3-11,18H,1-2H3. The molecule has 1 unspecified atom stereocenters. The molecule has 0 heterocycles. The van der Waals surface area contributed by atoms with E-state index < -0.39 is 22.0 Å². The number of halogens is 1. The first-order valence-corrected chi connectivity index (χ1v) is 8.66. The van der Waals surface area contributed by atoms with E-state index in [4.69, 9.17) is 11.6 Å². The van der Waals surface area contributed by atoms with Gasteiger partial charge in [0.05, 0.1) is 17.6 Å². The van der Waals surface area contributed by atoms with E-state index in [2.05, 4.69) is 9.46 Å². The van der Waals surface area contributed by atoms with Gasteiger partial charge in [-0.25, -0.2) is 17.9 Å². The highest BCUT2D eigenvalue weighted by Gasteiger charge is 2.19. The van der Waals surface area contributed by atoms with E-state index in [0.29, 0.717) is 5.02 Å². The van der Waals surface area contributed by atoms with Crippen molar-refractivity contribution in [2.24, 2.45) is 0 Å². The monoisotopic (exact) mass is 353 g/mol. The molecule has 0 aliphatic carbocycles. The molecule has 0 saturated carbocycles. The summed E-state index contributed by atoms with van der Waals surface area (Å²) in [5.74, 6) is -0.519. The lowest BCUT2D eigenvalue weighted by molar-refractivity contribution is 0.0600. The van der Waals surface area contributed by atoms with Crippen LogP contribution in [-0.4, -0.2) is 21.5 Å². The number of carbonyl (C=O) groups is 1. The van der Waals surface area contributed by atoms with Gasteiger partial charge in [0.1, 0.15) is 0 Å². The van der Waals surface area contributed by atoms with Gasteiger partial charge < -0.3 is 4.74 Å². The minimum atomic E-state index is -3.71. The first-order valence-electron chi connectivity index (χ1n) is 6.79. The summed E-state index contributed by atoms with van der Waals surface area (Å²) in [5.41, 5.74) is 1.04. The number of nitrogens with one attached hydrogen (secondary N) is 1. The summed E-state index contributed by atoms with van der Waals surface area (Å²) in [6, 6.07) is 12.1. The summed E-state index contributed by atoms with van der Waals surface area (Å²) in [7, 11) is -2.45. The lowest BCUT2D eigenvalue weighted by atomic mass is 10.1. The summed E-state index contributed by atoms with van der Waals surface area (Å²) < 4.78 is 31.9. The molecule has 2 rings (SSSR count). The molecule has 0 aromatic heterocycles. The minimum Gasteiger partial charge on any atom is -0.465 e. The van der Waals surface area contributed by atoms with E-state index >= 15 is 0 Å². The maximum absolute atomic E-state index is 12.4. The molecule has 1 N–H and O–H groups in total. The fourth-order valence-corrected chi connectivity index (χ4v) is 3.46. The van der Waals surface area contributed by atoms with Crippen LogP contribution < -0.4 is 4.72 Å². The zero-order valence-corrected chi connectivity index (χ0v) is 14.2. The van der Waals surface area contributed by atoms with Crippen LogP contribution in [0.1, 0.15) is 28.9 Å². The number of benzene rings is 2. The summed E-state index contributed by atoms with van der Waals surface area (Å²) in [5, 5.41) is 0.538. The Kier molecular flexibility index (Phi) is 5.41. The highest BCUT2D eigenvalue weighted by molar-refractivity contribution is 7.89. The smallest absolute Gasteiger partial charge is 0.337 e. The van der Waals surface area contributed by atoms with E-state index in [-0.39, 0.29) is 10.5 Å². The normalized spacial score (nSPS) is 12.7. The van der Waals surface area contributed by atoms with Crippen LogP contribution in [0.3, 0.4) is 0 Å². The largest absolute Gasteiger partial charge is 0.465 e. The molecule has 0 bridgehead atoms. The van der Waals surface area contributed by atoms with Gasteiger partial charge in [0, 0.05) is 11.1 Å². The minimum absolute atomic E-state index is 0.0685. The molecule has 2 aromatic rings. The molecular weight excluding hydrogens is 338 g/mol. The second-order valence-corrected chi connectivity index (χ2v) is 7.06. The predicted octanol–water partition coefficient (Wildman–Crippen LogP) is 3.17. The van der Waals surface area contributed by atoms with Gasteiger partial charge in [-0.05, 0) is 48.9 Å². The Labute approximate surface area is 140 Å². The van der Waals surface area contributed by atoms with E-state index in [1.165, 1.54) is 31.4 Å². The van der Waals surface area contributed by atoms with Crippen LogP contribution >= 0.6 is 11.6 Å². The molecule has 5 nitrogen and oxygen atoms in total. The van der Waals surface area contributed by atoms with Crippen LogP contribution in [0.2, 0.25) is 5.02 Å². The molecule has 23 heavy (non-hydrogen) atoms. The summed E-state index contributed by atoms with van der Waals surface area (Å²) in [6.07, 6.45) is 0. The molecule has 0 spiro atoms. The Bertz CT molecular complexity index is 803. The molecular formula is C16H16ClNO4S. The number of hydrogen-bond acceptors (Lipinski definition) is 4. The van der Waals surface area contributed by atoms with Crippen molar-refractivity contribution in [2.45, 2.75) is 17.9 Å². The van der Waals surface area contributed by atoms with Gasteiger partial charge in [0.2, 0.25) is 10.0 Å². The van der Waals surface area contributed by atoms with E-state index in [0.717, 1.165) is 5.56 Å². The number of sulfonamides is 1. The van der Waals surface area contributed by atoms with Crippen LogP contribution in [0.25, 0.3) is 0 Å². The van der Waals surface area contributed by atoms with Crippen molar-refractivity contribution in [2.75, 3.05) is 7.11 Å². The molecule has 0 saturated heterocycles. The Morgan fingerprint density at radius 1 is 1.17 bits per heavy atom. The van der Waals surface area contributed by atoms with Crippen molar-refractivity contribution >= 4 is 27.6 Å². The number of rotatable bonds is 5. The summed E-state index contributed by atoms with van der Waals surface area (Å²) in [4.78, 5) is 11.4. The molecule has 0 fully saturated rings. The molecule has 0 amide bonds. The zero-order valence-electron chi connectivity index (χ0n) is 12.6. The number of methoxy groups -OCH3 is 1. The first kappa shape index (κ1) is 17.5. The van der Waals surface area contributed by atoms with Crippen LogP contribution in [0.15, 0.2) is 53.4 Å². The van der Waals surface area contributed by atoms with Crippen molar-refractivity contribution in [1.82, 2.24) is 4.72 Å². The Balaban J connectivity index is 2.20. The van der Waals surface area contributed by atoms with E-state index in [1.54, 1.807) is 31.2 Å². The molecule has 122 valence electrons. The van der Waals surface area contributed by atoms with Gasteiger partial charge >= 0.3 is 5.97 Å². The van der Waals surface area contributed by atoms with Gasteiger partial charge in [-0.3, -0.25) is 0 Å². The summed E-state index contributed by atoms with van der Waals surface area (Å²) in [6.45, 7) is 1.73. The van der Waals surface area contributed by atoms with Crippen molar-refractivity contribution in [3.63, 3.8) is 0 Å². The van der Waals surface area contributed by atoms with Crippen molar-refractivity contribution in [3.8, 4) is 0 Å².